The molecule has 0 aromatic heterocycles. The standard InChI is InChI=1S/C26H33N3O5S/c1-34-26(31)23-9-5-6-10-24(23)35(32,33)29-17-11-21(12-18-29)25(30)27-22-13-15-28(16-14-22)19-20-7-3-2-4-8-20/h2-10,21-22H,11-19H2,1H3,(H,27,30). The van der Waals surface area contributed by atoms with Gasteiger partial charge in [0.25, 0.3) is 0 Å². The summed E-state index contributed by atoms with van der Waals surface area (Å²) in [6.45, 7) is 3.29. The lowest BCUT2D eigenvalue weighted by molar-refractivity contribution is -0.127. The zero-order chi connectivity index (χ0) is 24.8. The number of benzene rings is 2. The quantitative estimate of drug-likeness (QED) is 0.589. The molecule has 188 valence electrons. The van der Waals surface area contributed by atoms with Crippen molar-refractivity contribution in [1.82, 2.24) is 14.5 Å². The third kappa shape index (κ3) is 6.09. The minimum absolute atomic E-state index is 0.0125. The molecule has 0 saturated carbocycles. The smallest absolute Gasteiger partial charge is 0.339 e. The predicted octanol–water partition coefficient (Wildman–Crippen LogP) is 2.65. The van der Waals surface area contributed by atoms with E-state index in [1.54, 1.807) is 12.1 Å². The summed E-state index contributed by atoms with van der Waals surface area (Å²) in [4.78, 5) is 27.3. The van der Waals surface area contributed by atoms with Crippen LogP contribution < -0.4 is 5.32 Å². The number of methoxy groups -OCH3 is 1. The molecule has 0 atom stereocenters. The molecule has 4 rings (SSSR count). The number of hydrogen-bond donors (Lipinski definition) is 1. The second-order valence-corrected chi connectivity index (χ2v) is 11.1. The lowest BCUT2D eigenvalue weighted by atomic mass is 9.95. The van der Waals surface area contributed by atoms with Crippen LogP contribution in [0, 0.1) is 5.92 Å². The number of sulfonamides is 1. The van der Waals surface area contributed by atoms with Gasteiger partial charge >= 0.3 is 5.97 Å². The van der Waals surface area contributed by atoms with Gasteiger partial charge in [0.2, 0.25) is 15.9 Å². The second-order valence-electron chi connectivity index (χ2n) is 9.21. The summed E-state index contributed by atoms with van der Waals surface area (Å²) in [5.41, 5.74) is 1.32. The van der Waals surface area contributed by atoms with Gasteiger partial charge in [0, 0.05) is 44.7 Å². The molecule has 2 saturated heterocycles. The fraction of sp³-hybridized carbons (Fsp3) is 0.462. The number of nitrogens with zero attached hydrogens (tertiary/aromatic N) is 2. The molecule has 2 aliphatic rings. The number of esters is 1. The lowest BCUT2D eigenvalue weighted by Crippen LogP contribution is -2.48. The van der Waals surface area contributed by atoms with E-state index < -0.39 is 16.0 Å². The number of rotatable bonds is 7. The van der Waals surface area contributed by atoms with E-state index in [0.717, 1.165) is 32.5 Å². The van der Waals surface area contributed by atoms with Gasteiger partial charge in [0.05, 0.1) is 17.6 Å². The Labute approximate surface area is 207 Å². The van der Waals surface area contributed by atoms with Crippen molar-refractivity contribution in [3.63, 3.8) is 0 Å². The van der Waals surface area contributed by atoms with Crippen molar-refractivity contribution in [1.29, 1.82) is 0 Å². The molecule has 8 nitrogen and oxygen atoms in total. The molecule has 1 N–H and O–H groups in total. The molecule has 0 unspecified atom stereocenters. The van der Waals surface area contributed by atoms with Crippen molar-refractivity contribution in [3.05, 3.63) is 65.7 Å². The molecule has 2 aliphatic heterocycles. The van der Waals surface area contributed by atoms with Gasteiger partial charge in [-0.2, -0.15) is 4.31 Å². The second kappa shape index (κ2) is 11.3. The van der Waals surface area contributed by atoms with Crippen LogP contribution >= 0.6 is 0 Å². The van der Waals surface area contributed by atoms with Crippen molar-refractivity contribution < 1.29 is 22.7 Å². The van der Waals surface area contributed by atoms with Crippen LogP contribution in [0.4, 0.5) is 0 Å². The Kier molecular flexibility index (Phi) is 8.20. The molecule has 2 aromatic carbocycles. The van der Waals surface area contributed by atoms with Gasteiger partial charge in [-0.3, -0.25) is 9.69 Å². The summed E-state index contributed by atoms with van der Waals surface area (Å²) in [5.74, 6) is -0.883. The molecule has 2 fully saturated rings. The number of carbonyl (C=O) groups is 2. The summed E-state index contributed by atoms with van der Waals surface area (Å²) in [6, 6.07) is 16.6. The third-order valence-corrected chi connectivity index (χ3v) is 8.87. The summed E-state index contributed by atoms with van der Waals surface area (Å²) in [6.07, 6.45) is 2.74. The Morgan fingerprint density at radius 2 is 1.54 bits per heavy atom. The van der Waals surface area contributed by atoms with Crippen molar-refractivity contribution in [2.45, 2.75) is 43.2 Å². The van der Waals surface area contributed by atoms with E-state index in [0.29, 0.717) is 12.8 Å². The van der Waals surface area contributed by atoms with Crippen molar-refractivity contribution >= 4 is 21.9 Å². The molecule has 0 aliphatic carbocycles. The maximum Gasteiger partial charge on any atom is 0.339 e. The fourth-order valence-electron chi connectivity index (χ4n) is 4.86. The highest BCUT2D eigenvalue weighted by Crippen LogP contribution is 2.27. The monoisotopic (exact) mass is 499 g/mol. The molecule has 0 spiro atoms. The van der Waals surface area contributed by atoms with Gasteiger partial charge in [-0.1, -0.05) is 42.5 Å². The van der Waals surface area contributed by atoms with E-state index in [4.69, 9.17) is 4.74 Å². The normalized spacial score (nSPS) is 18.8. The number of amides is 1. The first kappa shape index (κ1) is 25.3. The van der Waals surface area contributed by atoms with Crippen LogP contribution in [-0.4, -0.2) is 68.8 Å². The average Bonchev–Trinajstić information content (AvgIpc) is 2.90. The van der Waals surface area contributed by atoms with Crippen LogP contribution in [0.1, 0.15) is 41.6 Å². The first-order valence-corrected chi connectivity index (χ1v) is 13.6. The highest BCUT2D eigenvalue weighted by Gasteiger charge is 2.35. The summed E-state index contributed by atoms with van der Waals surface area (Å²) in [7, 11) is -2.64. The Balaban J connectivity index is 1.27. The minimum atomic E-state index is -3.86. The average molecular weight is 500 g/mol. The molecular weight excluding hydrogens is 466 g/mol. The number of piperidine rings is 2. The summed E-state index contributed by atoms with van der Waals surface area (Å²) < 4.78 is 32.5. The molecule has 2 aromatic rings. The summed E-state index contributed by atoms with van der Waals surface area (Å²) >= 11 is 0. The van der Waals surface area contributed by atoms with Crippen molar-refractivity contribution in [3.8, 4) is 0 Å². The van der Waals surface area contributed by atoms with E-state index in [-0.39, 0.29) is 41.4 Å². The van der Waals surface area contributed by atoms with Crippen LogP contribution in [0.5, 0.6) is 0 Å². The third-order valence-electron chi connectivity index (χ3n) is 6.92. The van der Waals surface area contributed by atoms with E-state index in [1.165, 1.54) is 29.1 Å². The SMILES string of the molecule is COC(=O)c1ccccc1S(=O)(=O)N1CCC(C(=O)NC2CCN(Cc3ccccc3)CC2)CC1. The van der Waals surface area contributed by atoms with E-state index in [1.807, 2.05) is 6.07 Å². The van der Waals surface area contributed by atoms with E-state index >= 15 is 0 Å². The number of nitrogens with one attached hydrogen (secondary N) is 1. The van der Waals surface area contributed by atoms with Crippen LogP contribution in [0.15, 0.2) is 59.5 Å². The maximum absolute atomic E-state index is 13.2. The highest BCUT2D eigenvalue weighted by molar-refractivity contribution is 7.89. The predicted molar refractivity (Wildman–Crippen MR) is 132 cm³/mol. The molecule has 2 heterocycles. The van der Waals surface area contributed by atoms with Crippen LogP contribution in [-0.2, 0) is 26.1 Å². The maximum atomic E-state index is 13.2. The number of hydrogen-bond acceptors (Lipinski definition) is 6. The number of ether oxygens (including phenoxy) is 1. The molecule has 1 amide bonds. The zero-order valence-corrected chi connectivity index (χ0v) is 20.9. The highest BCUT2D eigenvalue weighted by atomic mass is 32.2. The van der Waals surface area contributed by atoms with E-state index in [9.17, 15) is 18.0 Å². The molecule has 35 heavy (non-hydrogen) atoms. The topological polar surface area (TPSA) is 96.0 Å². The van der Waals surface area contributed by atoms with Crippen LogP contribution in [0.2, 0.25) is 0 Å². The minimum Gasteiger partial charge on any atom is -0.465 e. The number of carbonyl (C=O) groups excluding carboxylic acids is 2. The van der Waals surface area contributed by atoms with Gasteiger partial charge in [0.1, 0.15) is 0 Å². The Morgan fingerprint density at radius 3 is 2.20 bits per heavy atom. The van der Waals surface area contributed by atoms with E-state index in [2.05, 4.69) is 34.5 Å². The zero-order valence-electron chi connectivity index (χ0n) is 20.1. The van der Waals surface area contributed by atoms with Gasteiger partial charge in [-0.25, -0.2) is 13.2 Å². The first-order valence-electron chi connectivity index (χ1n) is 12.1. The van der Waals surface area contributed by atoms with Crippen LogP contribution in [0.3, 0.4) is 0 Å². The van der Waals surface area contributed by atoms with Gasteiger partial charge in [-0.05, 0) is 43.4 Å². The number of likely N-dealkylation sites (tertiary alicyclic amines) is 1. The first-order chi connectivity index (χ1) is 16.9. The van der Waals surface area contributed by atoms with Crippen molar-refractivity contribution in [2.24, 2.45) is 5.92 Å². The van der Waals surface area contributed by atoms with Gasteiger partial charge in [-0.15, -0.1) is 0 Å². The van der Waals surface area contributed by atoms with Crippen molar-refractivity contribution in [2.75, 3.05) is 33.3 Å². The Bertz CT molecular complexity index is 1120. The fourth-order valence-corrected chi connectivity index (χ4v) is 6.51. The lowest BCUT2D eigenvalue weighted by Gasteiger charge is -2.35. The van der Waals surface area contributed by atoms with Gasteiger partial charge in [0.15, 0.2) is 0 Å². The molecule has 9 heteroatoms. The largest absolute Gasteiger partial charge is 0.465 e. The molecular formula is C26H33N3O5S. The Morgan fingerprint density at radius 1 is 0.914 bits per heavy atom. The van der Waals surface area contributed by atoms with Gasteiger partial charge < -0.3 is 10.1 Å². The van der Waals surface area contributed by atoms with Crippen LogP contribution in [0.25, 0.3) is 0 Å². The molecule has 0 bridgehead atoms. The Hall–Kier alpha value is -2.75. The molecule has 0 radical (unpaired) electrons. The summed E-state index contributed by atoms with van der Waals surface area (Å²) in [5, 5.41) is 3.20.